The van der Waals surface area contributed by atoms with Crippen LogP contribution in [0.3, 0.4) is 0 Å². The molecule has 0 radical (unpaired) electrons. The van der Waals surface area contributed by atoms with Crippen molar-refractivity contribution in [1.29, 1.82) is 0 Å². The maximum Gasteiger partial charge on any atom is 0.245 e. The van der Waals surface area contributed by atoms with Gasteiger partial charge in [0.2, 0.25) is 5.91 Å². The van der Waals surface area contributed by atoms with E-state index in [1.54, 1.807) is 16.7 Å². The summed E-state index contributed by atoms with van der Waals surface area (Å²) in [7, 11) is 0. The van der Waals surface area contributed by atoms with Crippen LogP contribution in [0.4, 0.5) is 5.69 Å². The molecule has 17 heavy (non-hydrogen) atoms. The van der Waals surface area contributed by atoms with Crippen molar-refractivity contribution in [1.82, 2.24) is 0 Å². The second-order valence-electron chi connectivity index (χ2n) is 3.97. The predicted molar refractivity (Wildman–Crippen MR) is 74.4 cm³/mol. The van der Waals surface area contributed by atoms with Crippen LogP contribution in [-0.4, -0.2) is 30.0 Å². The molecule has 2 nitrogen and oxygen atoms in total. The molecule has 0 aromatic heterocycles. The average Bonchev–Trinajstić information content (AvgIpc) is 2.66. The van der Waals surface area contributed by atoms with Crippen molar-refractivity contribution in [2.75, 3.05) is 23.6 Å². The zero-order chi connectivity index (χ0) is 12.4. The lowest BCUT2D eigenvalue weighted by molar-refractivity contribution is -0.117. The minimum Gasteiger partial charge on any atom is -0.311 e. The molecule has 5 heteroatoms. The van der Waals surface area contributed by atoms with Gasteiger partial charge in [-0.2, -0.15) is 0 Å². The highest BCUT2D eigenvalue weighted by Gasteiger charge is 2.39. The van der Waals surface area contributed by atoms with Crippen molar-refractivity contribution in [3.05, 3.63) is 24.3 Å². The van der Waals surface area contributed by atoms with E-state index in [1.807, 2.05) is 30.5 Å². The molecule has 0 spiro atoms. The van der Waals surface area contributed by atoms with Gasteiger partial charge in [0.05, 0.1) is 0 Å². The number of rotatable bonds is 3. The number of carbonyl (C=O) groups excluding carboxylic acids is 1. The molecular formula is C12H13Cl2NOS. The summed E-state index contributed by atoms with van der Waals surface area (Å²) >= 11 is 13.5. The van der Waals surface area contributed by atoms with Crippen LogP contribution in [0.15, 0.2) is 29.2 Å². The summed E-state index contributed by atoms with van der Waals surface area (Å²) < 4.78 is 0. The molecule has 1 heterocycles. The van der Waals surface area contributed by atoms with Gasteiger partial charge in [-0.25, -0.2) is 0 Å². The third-order valence-corrected chi connectivity index (χ3v) is 4.56. The minimum atomic E-state index is -0.495. The molecule has 0 saturated carbocycles. The number of hydrogen-bond donors (Lipinski definition) is 0. The van der Waals surface area contributed by atoms with E-state index in [4.69, 9.17) is 23.2 Å². The molecule has 0 N–H and O–H groups in total. The molecule has 1 aromatic rings. The van der Waals surface area contributed by atoms with E-state index < -0.39 is 5.38 Å². The average molecular weight is 290 g/mol. The summed E-state index contributed by atoms with van der Waals surface area (Å²) in [6, 6.07) is 7.90. The molecule has 0 bridgehead atoms. The van der Waals surface area contributed by atoms with Gasteiger partial charge in [0.15, 0.2) is 0 Å². The Balaban J connectivity index is 2.25. The maximum atomic E-state index is 12.0. The van der Waals surface area contributed by atoms with Crippen LogP contribution in [0.1, 0.15) is 0 Å². The van der Waals surface area contributed by atoms with Crippen molar-refractivity contribution < 1.29 is 4.79 Å². The van der Waals surface area contributed by atoms with Crippen LogP contribution in [0.5, 0.6) is 0 Å². The van der Waals surface area contributed by atoms with Gasteiger partial charge < -0.3 is 4.90 Å². The number of hydrogen-bond acceptors (Lipinski definition) is 2. The molecule has 1 aliphatic rings. The monoisotopic (exact) mass is 289 g/mol. The largest absolute Gasteiger partial charge is 0.311 e. The Morgan fingerprint density at radius 2 is 2.29 bits per heavy atom. The quantitative estimate of drug-likeness (QED) is 0.629. The van der Waals surface area contributed by atoms with Crippen molar-refractivity contribution in [2.45, 2.75) is 10.3 Å². The van der Waals surface area contributed by atoms with E-state index in [2.05, 4.69) is 0 Å². The first-order valence-electron chi connectivity index (χ1n) is 5.33. The standard InChI is InChI=1S/C12H13Cl2NOS/c1-17-10-4-2-3-9(5-10)15-7-8(6-13)11(14)12(15)16/h2-5,8,11H,6-7H2,1H3. The highest BCUT2D eigenvalue weighted by molar-refractivity contribution is 7.98. The predicted octanol–water partition coefficient (Wildman–Crippen LogP) is 3.22. The fourth-order valence-corrected chi connectivity index (χ4v) is 3.01. The molecule has 1 aliphatic heterocycles. The zero-order valence-corrected chi connectivity index (χ0v) is 11.7. The second kappa shape index (κ2) is 5.51. The topological polar surface area (TPSA) is 20.3 Å². The Hall–Kier alpha value is -0.380. The number of anilines is 1. The SMILES string of the molecule is CSc1cccc(N2CC(CCl)C(Cl)C2=O)c1. The molecule has 2 unspecified atom stereocenters. The van der Waals surface area contributed by atoms with E-state index in [0.29, 0.717) is 12.4 Å². The van der Waals surface area contributed by atoms with Crippen LogP contribution < -0.4 is 4.90 Å². The van der Waals surface area contributed by atoms with E-state index >= 15 is 0 Å². The minimum absolute atomic E-state index is 0.0313. The summed E-state index contributed by atoms with van der Waals surface area (Å²) in [4.78, 5) is 14.9. The summed E-state index contributed by atoms with van der Waals surface area (Å²) in [5, 5.41) is -0.495. The lowest BCUT2D eigenvalue weighted by atomic mass is 10.1. The third kappa shape index (κ3) is 2.56. The summed E-state index contributed by atoms with van der Waals surface area (Å²) in [5.74, 6) is 0.401. The van der Waals surface area contributed by atoms with Gasteiger partial charge in [0, 0.05) is 28.9 Å². The number of nitrogens with zero attached hydrogens (tertiary/aromatic N) is 1. The number of amides is 1. The van der Waals surface area contributed by atoms with Gasteiger partial charge in [-0.15, -0.1) is 35.0 Å². The van der Waals surface area contributed by atoms with Gasteiger partial charge in [-0.05, 0) is 24.5 Å². The Morgan fingerprint density at radius 3 is 2.88 bits per heavy atom. The van der Waals surface area contributed by atoms with Crippen LogP contribution >= 0.6 is 35.0 Å². The van der Waals surface area contributed by atoms with Crippen molar-refractivity contribution in [3.8, 4) is 0 Å². The number of carbonyl (C=O) groups is 1. The van der Waals surface area contributed by atoms with E-state index in [1.165, 1.54) is 0 Å². The normalized spacial score (nSPS) is 24.4. The van der Waals surface area contributed by atoms with Crippen molar-refractivity contribution in [3.63, 3.8) is 0 Å². The molecule has 2 atom stereocenters. The van der Waals surface area contributed by atoms with E-state index in [9.17, 15) is 4.79 Å². The molecule has 0 aliphatic carbocycles. The van der Waals surface area contributed by atoms with Gasteiger partial charge in [-0.1, -0.05) is 6.07 Å². The fourth-order valence-electron chi connectivity index (χ4n) is 1.91. The highest BCUT2D eigenvalue weighted by Crippen LogP contribution is 2.31. The first-order valence-corrected chi connectivity index (χ1v) is 7.52. The number of alkyl halides is 2. The van der Waals surface area contributed by atoms with Gasteiger partial charge >= 0.3 is 0 Å². The Kier molecular flexibility index (Phi) is 4.23. The number of halogens is 2. The Labute approximate surface area is 115 Å². The summed E-state index contributed by atoms with van der Waals surface area (Å²) in [6.45, 7) is 0.605. The smallest absolute Gasteiger partial charge is 0.245 e. The molecule has 1 fully saturated rings. The zero-order valence-electron chi connectivity index (χ0n) is 9.40. The number of thioether (sulfide) groups is 1. The summed E-state index contributed by atoms with van der Waals surface area (Å²) in [6.07, 6.45) is 2.01. The molecular weight excluding hydrogens is 277 g/mol. The van der Waals surface area contributed by atoms with E-state index in [0.717, 1.165) is 10.6 Å². The van der Waals surface area contributed by atoms with Crippen molar-refractivity contribution in [2.24, 2.45) is 5.92 Å². The molecule has 1 aromatic carbocycles. The number of benzene rings is 1. The van der Waals surface area contributed by atoms with Crippen LogP contribution in [0, 0.1) is 5.92 Å². The van der Waals surface area contributed by atoms with Crippen LogP contribution in [0.25, 0.3) is 0 Å². The van der Waals surface area contributed by atoms with Crippen LogP contribution in [0.2, 0.25) is 0 Å². The van der Waals surface area contributed by atoms with Gasteiger partial charge in [-0.3, -0.25) is 4.79 Å². The lowest BCUT2D eigenvalue weighted by Crippen LogP contribution is -2.27. The first-order chi connectivity index (χ1) is 8.17. The Morgan fingerprint density at radius 1 is 1.53 bits per heavy atom. The lowest BCUT2D eigenvalue weighted by Gasteiger charge is -2.16. The fraction of sp³-hybridized carbons (Fsp3) is 0.417. The molecule has 2 rings (SSSR count). The summed E-state index contributed by atoms with van der Waals surface area (Å²) in [5.41, 5.74) is 0.903. The second-order valence-corrected chi connectivity index (χ2v) is 5.62. The van der Waals surface area contributed by atoms with Crippen LogP contribution in [-0.2, 0) is 4.79 Å². The molecule has 1 amide bonds. The highest BCUT2D eigenvalue weighted by atomic mass is 35.5. The van der Waals surface area contributed by atoms with Gasteiger partial charge in [0.1, 0.15) is 5.38 Å². The molecule has 1 saturated heterocycles. The van der Waals surface area contributed by atoms with Crippen molar-refractivity contribution >= 4 is 46.6 Å². The first kappa shape index (κ1) is 13.1. The maximum absolute atomic E-state index is 12.0. The third-order valence-electron chi connectivity index (χ3n) is 2.90. The van der Waals surface area contributed by atoms with E-state index in [-0.39, 0.29) is 11.8 Å². The molecule has 92 valence electrons. The Bertz CT molecular complexity index is 427. The van der Waals surface area contributed by atoms with Gasteiger partial charge in [0.25, 0.3) is 0 Å².